The van der Waals surface area contributed by atoms with E-state index in [0.29, 0.717) is 24.1 Å². The SMILES string of the molecule is CCCC(NC(=O)Cc1csc(NC(=O)c2ccccc2F)n1)c1cccc(C(F)(F)F)c1. The van der Waals surface area contributed by atoms with E-state index >= 15 is 0 Å². The minimum atomic E-state index is -4.47. The van der Waals surface area contributed by atoms with E-state index in [1.807, 2.05) is 6.92 Å². The van der Waals surface area contributed by atoms with Crippen LogP contribution in [-0.4, -0.2) is 16.8 Å². The zero-order valence-corrected chi connectivity index (χ0v) is 18.4. The summed E-state index contributed by atoms with van der Waals surface area (Å²) in [4.78, 5) is 28.9. The molecule has 0 radical (unpaired) electrons. The fraction of sp³-hybridized carbons (Fsp3) is 0.261. The van der Waals surface area contributed by atoms with E-state index in [9.17, 15) is 27.2 Å². The highest BCUT2D eigenvalue weighted by atomic mass is 32.1. The smallest absolute Gasteiger partial charge is 0.349 e. The second-order valence-electron chi connectivity index (χ2n) is 7.29. The van der Waals surface area contributed by atoms with Crippen molar-refractivity contribution >= 4 is 28.3 Å². The van der Waals surface area contributed by atoms with Gasteiger partial charge in [0.25, 0.3) is 5.91 Å². The quantitative estimate of drug-likeness (QED) is 0.404. The number of alkyl halides is 3. The summed E-state index contributed by atoms with van der Waals surface area (Å²) in [6.45, 7) is 1.87. The van der Waals surface area contributed by atoms with Crippen molar-refractivity contribution in [3.8, 4) is 0 Å². The van der Waals surface area contributed by atoms with Gasteiger partial charge in [-0.3, -0.25) is 14.9 Å². The van der Waals surface area contributed by atoms with Crippen molar-refractivity contribution in [1.29, 1.82) is 0 Å². The molecule has 1 unspecified atom stereocenters. The molecule has 0 aliphatic carbocycles. The molecule has 1 aromatic heterocycles. The first-order chi connectivity index (χ1) is 15.7. The van der Waals surface area contributed by atoms with Crippen LogP contribution in [0.2, 0.25) is 0 Å². The Morgan fingerprint density at radius 2 is 1.88 bits per heavy atom. The number of anilines is 1. The predicted molar refractivity (Wildman–Crippen MR) is 117 cm³/mol. The number of thiazole rings is 1. The van der Waals surface area contributed by atoms with Gasteiger partial charge in [-0.1, -0.05) is 37.6 Å². The maximum atomic E-state index is 13.7. The van der Waals surface area contributed by atoms with Crippen LogP contribution in [0.1, 0.15) is 53.0 Å². The van der Waals surface area contributed by atoms with E-state index in [-0.39, 0.29) is 17.1 Å². The van der Waals surface area contributed by atoms with Crippen LogP contribution >= 0.6 is 11.3 Å². The van der Waals surface area contributed by atoms with Crippen LogP contribution in [-0.2, 0) is 17.4 Å². The van der Waals surface area contributed by atoms with E-state index in [1.165, 1.54) is 30.3 Å². The van der Waals surface area contributed by atoms with Crippen LogP contribution in [0, 0.1) is 5.82 Å². The molecule has 2 amide bonds. The summed E-state index contributed by atoms with van der Waals surface area (Å²) in [7, 11) is 0. The summed E-state index contributed by atoms with van der Waals surface area (Å²) >= 11 is 1.08. The average Bonchev–Trinajstić information content (AvgIpc) is 3.19. The van der Waals surface area contributed by atoms with Gasteiger partial charge in [-0.2, -0.15) is 13.2 Å². The van der Waals surface area contributed by atoms with Gasteiger partial charge in [0.1, 0.15) is 5.82 Å². The maximum Gasteiger partial charge on any atom is 0.416 e. The Labute approximate surface area is 191 Å². The van der Waals surface area contributed by atoms with Gasteiger partial charge in [0.05, 0.1) is 29.3 Å². The van der Waals surface area contributed by atoms with Crippen LogP contribution in [0.25, 0.3) is 0 Å². The monoisotopic (exact) mass is 479 g/mol. The molecular formula is C23H21F4N3O2S. The van der Waals surface area contributed by atoms with Crippen molar-refractivity contribution in [2.24, 2.45) is 0 Å². The third-order valence-corrected chi connectivity index (χ3v) is 5.57. The summed E-state index contributed by atoms with van der Waals surface area (Å²) in [5.74, 6) is -1.74. The molecular weight excluding hydrogens is 458 g/mol. The summed E-state index contributed by atoms with van der Waals surface area (Å²) in [5.41, 5.74) is -0.155. The molecule has 0 saturated carbocycles. The highest BCUT2D eigenvalue weighted by Gasteiger charge is 2.31. The predicted octanol–water partition coefficient (Wildman–Crippen LogP) is 5.75. The molecule has 5 nitrogen and oxygen atoms in total. The Morgan fingerprint density at radius 3 is 2.58 bits per heavy atom. The highest BCUT2D eigenvalue weighted by Crippen LogP contribution is 2.31. The molecule has 0 saturated heterocycles. The van der Waals surface area contributed by atoms with Gasteiger partial charge in [-0.15, -0.1) is 11.3 Å². The molecule has 1 atom stereocenters. The van der Waals surface area contributed by atoms with Crippen molar-refractivity contribution in [1.82, 2.24) is 10.3 Å². The lowest BCUT2D eigenvalue weighted by Gasteiger charge is -2.20. The van der Waals surface area contributed by atoms with Crippen molar-refractivity contribution in [2.45, 2.75) is 38.4 Å². The van der Waals surface area contributed by atoms with Crippen LogP contribution < -0.4 is 10.6 Å². The third kappa shape index (κ3) is 6.61. The molecule has 0 spiro atoms. The molecule has 3 rings (SSSR count). The summed E-state index contributed by atoms with van der Waals surface area (Å²) < 4.78 is 52.9. The van der Waals surface area contributed by atoms with Crippen molar-refractivity contribution in [2.75, 3.05) is 5.32 Å². The maximum absolute atomic E-state index is 13.7. The van der Waals surface area contributed by atoms with Gasteiger partial charge in [-0.05, 0) is 36.2 Å². The number of benzene rings is 2. The van der Waals surface area contributed by atoms with Gasteiger partial charge in [-0.25, -0.2) is 9.37 Å². The standard InChI is InChI=1S/C23H21F4N3O2S/c1-2-6-19(14-7-5-8-15(11-14)23(25,26)27)29-20(31)12-16-13-33-22(28-16)30-21(32)17-9-3-4-10-18(17)24/h3-5,7-11,13,19H,2,6,12H2,1H3,(H,29,31)(H,28,30,32). The fourth-order valence-corrected chi connectivity index (χ4v) is 3.91. The van der Waals surface area contributed by atoms with Crippen molar-refractivity contribution in [3.63, 3.8) is 0 Å². The molecule has 0 aliphatic heterocycles. The zero-order chi connectivity index (χ0) is 24.0. The highest BCUT2D eigenvalue weighted by molar-refractivity contribution is 7.14. The van der Waals surface area contributed by atoms with Crippen LogP contribution in [0.4, 0.5) is 22.7 Å². The minimum Gasteiger partial charge on any atom is -0.349 e. The second kappa shape index (κ2) is 10.6. The number of rotatable bonds is 8. The Hall–Kier alpha value is -3.27. The third-order valence-electron chi connectivity index (χ3n) is 4.76. The number of aromatic nitrogens is 1. The molecule has 0 bridgehead atoms. The number of nitrogens with one attached hydrogen (secondary N) is 2. The molecule has 2 aromatic carbocycles. The van der Waals surface area contributed by atoms with E-state index in [1.54, 1.807) is 11.4 Å². The Bertz CT molecular complexity index is 1130. The normalized spacial score (nSPS) is 12.3. The molecule has 10 heteroatoms. The lowest BCUT2D eigenvalue weighted by molar-refractivity contribution is -0.137. The summed E-state index contributed by atoms with van der Waals surface area (Å²) in [5, 5.41) is 7.04. The lowest BCUT2D eigenvalue weighted by Crippen LogP contribution is -2.30. The zero-order valence-electron chi connectivity index (χ0n) is 17.6. The largest absolute Gasteiger partial charge is 0.416 e. The second-order valence-corrected chi connectivity index (χ2v) is 8.14. The molecule has 174 valence electrons. The first-order valence-corrected chi connectivity index (χ1v) is 11.0. The first-order valence-electron chi connectivity index (χ1n) is 10.1. The number of halogens is 4. The topological polar surface area (TPSA) is 71.1 Å². The molecule has 33 heavy (non-hydrogen) atoms. The minimum absolute atomic E-state index is 0.120. The van der Waals surface area contributed by atoms with E-state index in [4.69, 9.17) is 0 Å². The number of hydrogen-bond donors (Lipinski definition) is 2. The number of amides is 2. The van der Waals surface area contributed by atoms with E-state index < -0.39 is 35.4 Å². The van der Waals surface area contributed by atoms with Gasteiger partial charge in [0, 0.05) is 5.38 Å². The number of nitrogens with zero attached hydrogens (tertiary/aromatic N) is 1. The molecule has 0 fully saturated rings. The molecule has 1 heterocycles. The van der Waals surface area contributed by atoms with Crippen LogP contribution in [0.3, 0.4) is 0 Å². The van der Waals surface area contributed by atoms with Crippen LogP contribution in [0.15, 0.2) is 53.9 Å². The average molecular weight is 479 g/mol. The van der Waals surface area contributed by atoms with Gasteiger partial charge >= 0.3 is 6.18 Å². The molecule has 3 aromatic rings. The van der Waals surface area contributed by atoms with Crippen molar-refractivity contribution in [3.05, 3.63) is 82.1 Å². The lowest BCUT2D eigenvalue weighted by atomic mass is 9.99. The Balaban J connectivity index is 1.64. The van der Waals surface area contributed by atoms with E-state index in [0.717, 1.165) is 23.5 Å². The number of carbonyl (C=O) groups is 2. The fourth-order valence-electron chi connectivity index (χ4n) is 3.21. The molecule has 0 aliphatic rings. The molecule has 2 N–H and O–H groups in total. The number of hydrogen-bond acceptors (Lipinski definition) is 4. The van der Waals surface area contributed by atoms with Gasteiger partial charge < -0.3 is 5.32 Å². The first kappa shape index (κ1) is 24.4. The van der Waals surface area contributed by atoms with Crippen molar-refractivity contribution < 1.29 is 27.2 Å². The summed E-state index contributed by atoms with van der Waals surface area (Å²) in [6, 6.07) is 9.83. The van der Waals surface area contributed by atoms with Gasteiger partial charge in [0.15, 0.2) is 5.13 Å². The van der Waals surface area contributed by atoms with Crippen LogP contribution in [0.5, 0.6) is 0 Å². The van der Waals surface area contributed by atoms with Gasteiger partial charge in [0.2, 0.25) is 5.91 Å². The Morgan fingerprint density at radius 1 is 1.12 bits per heavy atom. The number of carbonyl (C=O) groups excluding carboxylic acids is 2. The summed E-state index contributed by atoms with van der Waals surface area (Å²) in [6.07, 6.45) is -3.47. The Kier molecular flexibility index (Phi) is 7.80. The van der Waals surface area contributed by atoms with E-state index in [2.05, 4.69) is 15.6 Å².